The zero-order chi connectivity index (χ0) is 26.1. The molecule has 0 amide bonds. The van der Waals surface area contributed by atoms with Crippen molar-refractivity contribution in [1.29, 1.82) is 0 Å². The molecular formula is C31H32FN5O. The van der Waals surface area contributed by atoms with Crippen LogP contribution in [0, 0.1) is 5.82 Å². The summed E-state index contributed by atoms with van der Waals surface area (Å²) in [4.78, 5) is 10.3. The minimum Gasteiger partial charge on any atom is -0.492 e. The second kappa shape index (κ2) is 10.4. The minimum atomic E-state index is -0.341. The smallest absolute Gasteiger partial charge is 0.127 e. The number of aromatic amines is 1. The average Bonchev–Trinajstić information content (AvgIpc) is 3.37. The number of pyridine rings is 1. The largest absolute Gasteiger partial charge is 0.492 e. The zero-order valence-electron chi connectivity index (χ0n) is 21.8. The van der Waals surface area contributed by atoms with Crippen molar-refractivity contribution < 1.29 is 9.13 Å². The van der Waals surface area contributed by atoms with Crippen LogP contribution in [0.15, 0.2) is 66.9 Å². The van der Waals surface area contributed by atoms with Gasteiger partial charge in [0.15, 0.2) is 0 Å². The summed E-state index contributed by atoms with van der Waals surface area (Å²) in [6.45, 7) is 3.91. The predicted molar refractivity (Wildman–Crippen MR) is 153 cm³/mol. The van der Waals surface area contributed by atoms with Crippen LogP contribution >= 0.6 is 0 Å². The number of fused-ring (bicyclic) bond motifs is 2. The lowest BCUT2D eigenvalue weighted by Crippen LogP contribution is -2.20. The van der Waals surface area contributed by atoms with Gasteiger partial charge in [-0.25, -0.2) is 4.39 Å². The first-order valence-electron chi connectivity index (χ1n) is 13.1. The number of halogens is 1. The van der Waals surface area contributed by atoms with Gasteiger partial charge in [0.25, 0.3) is 0 Å². The van der Waals surface area contributed by atoms with Crippen molar-refractivity contribution in [3.05, 3.63) is 89.5 Å². The number of aromatic nitrogens is 2. The predicted octanol–water partition coefficient (Wildman–Crippen LogP) is 5.54. The van der Waals surface area contributed by atoms with Gasteiger partial charge in [-0.2, -0.15) is 0 Å². The Bertz CT molecular complexity index is 1550. The topological polar surface area (TPSA) is 65.2 Å². The molecule has 6 rings (SSSR count). The fourth-order valence-corrected chi connectivity index (χ4v) is 5.19. The maximum absolute atomic E-state index is 14.6. The lowest BCUT2D eigenvalue weighted by atomic mass is 9.92. The molecule has 0 unspecified atom stereocenters. The number of benzene rings is 2. The molecule has 2 aliphatic rings. The van der Waals surface area contributed by atoms with Gasteiger partial charge >= 0.3 is 0 Å². The Morgan fingerprint density at radius 3 is 2.76 bits per heavy atom. The fraction of sp³-hybridized carbons (Fsp3) is 0.258. The highest BCUT2D eigenvalue weighted by atomic mass is 19.1. The van der Waals surface area contributed by atoms with Crippen molar-refractivity contribution in [2.75, 3.05) is 52.2 Å². The first-order chi connectivity index (χ1) is 18.5. The van der Waals surface area contributed by atoms with Crippen LogP contribution < -0.4 is 15.4 Å². The van der Waals surface area contributed by atoms with Gasteiger partial charge in [-0.15, -0.1) is 0 Å². The number of anilines is 1. The van der Waals surface area contributed by atoms with Crippen molar-refractivity contribution in [2.24, 2.45) is 0 Å². The van der Waals surface area contributed by atoms with Gasteiger partial charge in [-0.1, -0.05) is 18.2 Å². The van der Waals surface area contributed by atoms with Crippen molar-refractivity contribution in [1.82, 2.24) is 20.2 Å². The third kappa shape index (κ3) is 4.95. The Morgan fingerprint density at radius 2 is 1.92 bits per heavy atom. The standard InChI is InChI=1S/C31H32FN5O/c1-37(2)13-14-38-24-16-22(15-23(32)18-24)31-27-19-30(36-29(27)8-12-35-31)25-7-11-34-28-4-3-21(17-26(25)28)20-5-9-33-10-6-20/h3-5,7-8,12,15-19,33-34,36H,6,9-11,13-14H2,1-2H3. The number of H-pyrrole nitrogens is 1. The van der Waals surface area contributed by atoms with Gasteiger partial charge in [-0.05, 0) is 74.6 Å². The van der Waals surface area contributed by atoms with E-state index in [2.05, 4.69) is 57.0 Å². The van der Waals surface area contributed by atoms with E-state index >= 15 is 0 Å². The molecule has 194 valence electrons. The van der Waals surface area contributed by atoms with Crippen LogP contribution in [0.3, 0.4) is 0 Å². The van der Waals surface area contributed by atoms with Gasteiger partial charge in [-0.3, -0.25) is 4.98 Å². The molecule has 0 saturated heterocycles. The highest BCUT2D eigenvalue weighted by Crippen LogP contribution is 2.38. The normalized spacial score (nSPS) is 15.2. The maximum atomic E-state index is 14.6. The number of nitrogens with one attached hydrogen (secondary N) is 3. The Balaban J connectivity index is 1.37. The summed E-state index contributed by atoms with van der Waals surface area (Å²) in [5, 5.41) is 7.85. The minimum absolute atomic E-state index is 0.341. The van der Waals surface area contributed by atoms with Crippen molar-refractivity contribution in [3.63, 3.8) is 0 Å². The van der Waals surface area contributed by atoms with Crippen molar-refractivity contribution >= 4 is 27.7 Å². The number of ether oxygens (including phenoxy) is 1. The van der Waals surface area contributed by atoms with E-state index in [1.54, 1.807) is 6.20 Å². The summed E-state index contributed by atoms with van der Waals surface area (Å²) in [6.07, 6.45) is 7.30. The van der Waals surface area contributed by atoms with Crippen LogP contribution in [0.25, 0.3) is 33.3 Å². The Hall–Kier alpha value is -3.94. The fourth-order valence-electron chi connectivity index (χ4n) is 5.19. The Labute approximate surface area is 222 Å². The first kappa shape index (κ1) is 24.4. The Kier molecular flexibility index (Phi) is 6.70. The lowest BCUT2D eigenvalue weighted by Gasteiger charge is -2.21. The maximum Gasteiger partial charge on any atom is 0.127 e. The van der Waals surface area contributed by atoms with Crippen molar-refractivity contribution in [2.45, 2.75) is 6.42 Å². The van der Waals surface area contributed by atoms with E-state index < -0.39 is 0 Å². The molecule has 0 radical (unpaired) electrons. The molecule has 2 aliphatic heterocycles. The van der Waals surface area contributed by atoms with Gasteiger partial charge in [0, 0.05) is 70.9 Å². The highest BCUT2D eigenvalue weighted by Gasteiger charge is 2.19. The van der Waals surface area contributed by atoms with Crippen LogP contribution in [0.5, 0.6) is 5.75 Å². The SMILES string of the molecule is CN(C)CCOc1cc(F)cc(-c2nccc3[nH]c(C4=CCNc5ccc(C6=CCNCC6)cc54)cc23)c1. The molecule has 2 aromatic carbocycles. The van der Waals surface area contributed by atoms with Crippen LogP contribution in [0.4, 0.5) is 10.1 Å². The number of likely N-dealkylation sites (N-methyl/N-ethyl adjacent to an activating group) is 1. The monoisotopic (exact) mass is 509 g/mol. The zero-order valence-corrected chi connectivity index (χ0v) is 21.8. The van der Waals surface area contributed by atoms with E-state index in [0.29, 0.717) is 17.9 Å². The molecule has 4 heterocycles. The summed E-state index contributed by atoms with van der Waals surface area (Å²) in [6, 6.07) is 15.6. The summed E-state index contributed by atoms with van der Waals surface area (Å²) >= 11 is 0. The van der Waals surface area contributed by atoms with Gasteiger partial charge in [0.05, 0.1) is 5.69 Å². The third-order valence-corrected chi connectivity index (χ3v) is 7.13. The molecule has 3 N–H and O–H groups in total. The molecule has 0 aliphatic carbocycles. The summed E-state index contributed by atoms with van der Waals surface area (Å²) in [5.74, 6) is 0.165. The first-order valence-corrected chi connectivity index (χ1v) is 13.1. The number of hydrogen-bond acceptors (Lipinski definition) is 5. The second-order valence-corrected chi connectivity index (χ2v) is 10.1. The molecular weight excluding hydrogens is 477 g/mol. The van der Waals surface area contributed by atoms with Gasteiger partial charge < -0.3 is 25.3 Å². The molecule has 0 fully saturated rings. The molecule has 0 saturated carbocycles. The molecule has 38 heavy (non-hydrogen) atoms. The number of nitrogens with zero attached hydrogens (tertiary/aromatic N) is 2. The number of rotatable bonds is 7. The van der Waals surface area contributed by atoms with Crippen LogP contribution in [0.1, 0.15) is 23.2 Å². The lowest BCUT2D eigenvalue weighted by molar-refractivity contribution is 0.260. The Morgan fingerprint density at radius 1 is 1.00 bits per heavy atom. The van der Waals surface area contributed by atoms with E-state index in [4.69, 9.17) is 4.74 Å². The molecule has 4 aromatic rings. The van der Waals surface area contributed by atoms with E-state index in [1.165, 1.54) is 28.8 Å². The van der Waals surface area contributed by atoms with Gasteiger partial charge in [0.2, 0.25) is 0 Å². The summed E-state index contributed by atoms with van der Waals surface area (Å²) < 4.78 is 20.4. The third-order valence-electron chi connectivity index (χ3n) is 7.13. The highest BCUT2D eigenvalue weighted by molar-refractivity contribution is 5.98. The number of hydrogen-bond donors (Lipinski definition) is 3. The van der Waals surface area contributed by atoms with Gasteiger partial charge in [0.1, 0.15) is 18.2 Å². The van der Waals surface area contributed by atoms with Crippen LogP contribution in [0.2, 0.25) is 0 Å². The molecule has 2 aromatic heterocycles. The van der Waals surface area contributed by atoms with Crippen molar-refractivity contribution in [3.8, 4) is 17.0 Å². The molecule has 7 heteroatoms. The average molecular weight is 510 g/mol. The van der Waals surface area contributed by atoms with E-state index in [0.717, 1.165) is 66.2 Å². The van der Waals surface area contributed by atoms with E-state index in [9.17, 15) is 4.39 Å². The van der Waals surface area contributed by atoms with E-state index in [1.807, 2.05) is 31.1 Å². The summed E-state index contributed by atoms with van der Waals surface area (Å²) in [5.41, 5.74) is 9.51. The summed E-state index contributed by atoms with van der Waals surface area (Å²) in [7, 11) is 3.96. The molecule has 0 bridgehead atoms. The van der Waals surface area contributed by atoms with Crippen LogP contribution in [-0.4, -0.2) is 61.7 Å². The molecule has 0 spiro atoms. The molecule has 0 atom stereocenters. The molecule has 6 nitrogen and oxygen atoms in total. The van der Waals surface area contributed by atoms with E-state index in [-0.39, 0.29) is 5.82 Å². The second-order valence-electron chi connectivity index (χ2n) is 10.1. The quantitative estimate of drug-likeness (QED) is 0.305. The van der Waals surface area contributed by atoms with Crippen LogP contribution in [-0.2, 0) is 0 Å².